The fourth-order valence-corrected chi connectivity index (χ4v) is 4.12. The summed E-state index contributed by atoms with van der Waals surface area (Å²) in [4.78, 5) is 17.8. The van der Waals surface area contributed by atoms with E-state index < -0.39 is 5.54 Å². The summed E-state index contributed by atoms with van der Waals surface area (Å²) in [6, 6.07) is 14.5. The second-order valence-corrected chi connectivity index (χ2v) is 6.80. The molecule has 0 fully saturated rings. The minimum absolute atomic E-state index is 0.0770. The van der Waals surface area contributed by atoms with Crippen molar-refractivity contribution in [1.29, 1.82) is 0 Å². The van der Waals surface area contributed by atoms with E-state index in [4.69, 9.17) is 11.6 Å². The van der Waals surface area contributed by atoms with Gasteiger partial charge in [0.1, 0.15) is 17.2 Å². The molecule has 3 nitrogen and oxygen atoms in total. The highest BCUT2D eigenvalue weighted by Gasteiger charge is 2.44. The Morgan fingerprint density at radius 1 is 1.24 bits per heavy atom. The Hall–Kier alpha value is -2.33. The number of rotatable bonds is 2. The molecule has 2 heterocycles. The normalized spacial score (nSPS) is 19.9. The Morgan fingerprint density at radius 3 is 2.68 bits per heavy atom. The van der Waals surface area contributed by atoms with E-state index in [0.717, 1.165) is 23.2 Å². The first-order valence-electron chi connectivity index (χ1n) is 8.28. The Morgan fingerprint density at radius 2 is 1.96 bits per heavy atom. The number of fused-ring (bicyclic) bond motifs is 3. The predicted octanol–water partition coefficient (Wildman–Crippen LogP) is 4.19. The number of alkyl halides is 1. The number of carbonyl (C=O) groups excluding carboxylic acids is 1. The van der Waals surface area contributed by atoms with E-state index in [1.165, 1.54) is 23.1 Å². The monoisotopic (exact) mass is 356 g/mol. The number of hydrogen-bond acceptors (Lipinski definition) is 1. The minimum atomic E-state index is -0.716. The van der Waals surface area contributed by atoms with Gasteiger partial charge in [0.15, 0.2) is 0 Å². The molecule has 1 aliphatic heterocycles. The molecular weight excluding hydrogens is 339 g/mol. The summed E-state index contributed by atoms with van der Waals surface area (Å²) < 4.78 is 13.5. The molecule has 1 N–H and O–H groups in total. The number of nitrogens with one attached hydrogen (secondary N) is 1. The summed E-state index contributed by atoms with van der Waals surface area (Å²) in [7, 11) is 0. The zero-order chi connectivity index (χ0) is 17.6. The third kappa shape index (κ3) is 2.35. The molecule has 0 bridgehead atoms. The first-order chi connectivity index (χ1) is 12.1. The molecule has 0 aliphatic carbocycles. The van der Waals surface area contributed by atoms with Crippen molar-refractivity contribution in [3.8, 4) is 0 Å². The molecule has 0 saturated heterocycles. The third-order valence-electron chi connectivity index (χ3n) is 5.25. The summed E-state index contributed by atoms with van der Waals surface area (Å²) >= 11 is 5.87. The Bertz CT molecular complexity index is 950. The lowest BCUT2D eigenvalue weighted by Gasteiger charge is -2.45. The maximum atomic E-state index is 13.5. The molecule has 1 aliphatic rings. The number of hydrogen-bond donors (Lipinski definition) is 1. The molecule has 1 amide bonds. The van der Waals surface area contributed by atoms with Crippen LogP contribution in [0.15, 0.2) is 48.5 Å². The van der Waals surface area contributed by atoms with Gasteiger partial charge in [-0.2, -0.15) is 0 Å². The number of H-pyrrole nitrogens is 1. The van der Waals surface area contributed by atoms with Crippen molar-refractivity contribution in [1.82, 2.24) is 9.88 Å². The molecule has 0 spiro atoms. The van der Waals surface area contributed by atoms with Crippen LogP contribution in [-0.4, -0.2) is 28.2 Å². The van der Waals surface area contributed by atoms with Crippen molar-refractivity contribution in [2.75, 3.05) is 12.4 Å². The van der Waals surface area contributed by atoms with Crippen molar-refractivity contribution in [2.45, 2.75) is 18.9 Å². The van der Waals surface area contributed by atoms with Gasteiger partial charge in [-0.25, -0.2) is 4.39 Å². The number of aromatic nitrogens is 1. The van der Waals surface area contributed by atoms with Crippen molar-refractivity contribution >= 4 is 28.4 Å². The van der Waals surface area contributed by atoms with Gasteiger partial charge in [-0.15, -0.1) is 11.6 Å². The topological polar surface area (TPSA) is 36.1 Å². The highest BCUT2D eigenvalue weighted by atomic mass is 35.5. The molecule has 25 heavy (non-hydrogen) atoms. The number of aromatic amines is 1. The number of amides is 1. The standard InChI is InChI=1S/C20H18ClFN2O/c1-20(13-6-8-14(22)9-7-13)19-16(10-11-24(20)18(25)12-21)15-4-2-3-5-17(15)23-19/h2-9,23H,10-12H2,1H3. The van der Waals surface area contributed by atoms with E-state index in [9.17, 15) is 9.18 Å². The summed E-state index contributed by atoms with van der Waals surface area (Å²) in [6.07, 6.45) is 0.763. The van der Waals surface area contributed by atoms with Crippen LogP contribution in [0.3, 0.4) is 0 Å². The Balaban J connectivity index is 1.99. The van der Waals surface area contributed by atoms with Gasteiger partial charge < -0.3 is 9.88 Å². The lowest BCUT2D eigenvalue weighted by Crippen LogP contribution is -2.53. The quantitative estimate of drug-likeness (QED) is 0.686. The van der Waals surface area contributed by atoms with Gasteiger partial charge in [0.2, 0.25) is 5.91 Å². The Kier molecular flexibility index (Phi) is 3.80. The highest BCUT2D eigenvalue weighted by Crippen LogP contribution is 2.43. The number of nitrogens with zero attached hydrogens (tertiary/aromatic N) is 1. The molecular formula is C20H18ClFN2O. The predicted molar refractivity (Wildman–Crippen MR) is 97.3 cm³/mol. The van der Waals surface area contributed by atoms with Crippen LogP contribution in [0.1, 0.15) is 23.7 Å². The number of para-hydroxylation sites is 1. The van der Waals surface area contributed by atoms with Crippen LogP contribution in [0.5, 0.6) is 0 Å². The van der Waals surface area contributed by atoms with Gasteiger partial charge in [-0.3, -0.25) is 4.79 Å². The van der Waals surface area contributed by atoms with E-state index in [2.05, 4.69) is 11.1 Å². The van der Waals surface area contributed by atoms with Crippen LogP contribution in [0, 0.1) is 5.82 Å². The van der Waals surface area contributed by atoms with Gasteiger partial charge in [0.25, 0.3) is 0 Å². The molecule has 4 rings (SSSR count). The first kappa shape index (κ1) is 16.2. The SMILES string of the molecule is CC1(c2ccc(F)cc2)c2[nH]c3ccccc3c2CCN1C(=O)CCl. The molecule has 128 valence electrons. The van der Waals surface area contributed by atoms with E-state index in [1.54, 1.807) is 17.0 Å². The molecule has 1 unspecified atom stereocenters. The van der Waals surface area contributed by atoms with Crippen LogP contribution in [0.4, 0.5) is 4.39 Å². The van der Waals surface area contributed by atoms with Crippen molar-refractivity contribution in [3.63, 3.8) is 0 Å². The average Bonchev–Trinajstić information content (AvgIpc) is 3.02. The molecule has 3 aromatic rings. The average molecular weight is 357 g/mol. The van der Waals surface area contributed by atoms with Crippen molar-refractivity contribution in [2.24, 2.45) is 0 Å². The summed E-state index contributed by atoms with van der Waals surface area (Å²) in [5.74, 6) is -0.500. The lowest BCUT2D eigenvalue weighted by atomic mass is 9.80. The van der Waals surface area contributed by atoms with Gasteiger partial charge >= 0.3 is 0 Å². The van der Waals surface area contributed by atoms with Gasteiger partial charge in [-0.1, -0.05) is 30.3 Å². The molecule has 1 atom stereocenters. The maximum absolute atomic E-state index is 13.5. The fourth-order valence-electron chi connectivity index (χ4n) is 3.98. The molecule has 1 aromatic heterocycles. The Labute approximate surface area is 150 Å². The van der Waals surface area contributed by atoms with Gasteiger partial charge in [0.05, 0.1) is 0 Å². The first-order valence-corrected chi connectivity index (χ1v) is 8.81. The van der Waals surface area contributed by atoms with Crippen LogP contribution < -0.4 is 0 Å². The fraction of sp³-hybridized carbons (Fsp3) is 0.250. The summed E-state index contributed by atoms with van der Waals surface area (Å²) in [5, 5.41) is 1.17. The van der Waals surface area contributed by atoms with E-state index in [0.29, 0.717) is 6.54 Å². The highest BCUT2D eigenvalue weighted by molar-refractivity contribution is 6.27. The van der Waals surface area contributed by atoms with Crippen molar-refractivity contribution < 1.29 is 9.18 Å². The molecule has 0 radical (unpaired) electrons. The zero-order valence-electron chi connectivity index (χ0n) is 13.9. The van der Waals surface area contributed by atoms with Gasteiger partial charge in [-0.05, 0) is 42.7 Å². The maximum Gasteiger partial charge on any atom is 0.238 e. The molecule has 5 heteroatoms. The van der Waals surface area contributed by atoms with Crippen LogP contribution in [0.25, 0.3) is 10.9 Å². The summed E-state index contributed by atoms with van der Waals surface area (Å²) in [6.45, 7) is 2.58. The number of carbonyl (C=O) groups is 1. The smallest absolute Gasteiger partial charge is 0.238 e. The second kappa shape index (κ2) is 5.88. The van der Waals surface area contributed by atoms with Crippen LogP contribution in [0.2, 0.25) is 0 Å². The van der Waals surface area contributed by atoms with E-state index in [-0.39, 0.29) is 17.6 Å². The molecule has 0 saturated carbocycles. The van der Waals surface area contributed by atoms with Crippen LogP contribution >= 0.6 is 11.6 Å². The summed E-state index contributed by atoms with van der Waals surface area (Å²) in [5.41, 5.74) is 3.37. The number of halogens is 2. The van der Waals surface area contributed by atoms with Gasteiger partial charge in [0, 0.05) is 23.1 Å². The largest absolute Gasteiger partial charge is 0.356 e. The number of benzene rings is 2. The van der Waals surface area contributed by atoms with Crippen molar-refractivity contribution in [3.05, 3.63) is 71.2 Å². The molecule has 2 aromatic carbocycles. The van der Waals surface area contributed by atoms with E-state index in [1.807, 2.05) is 25.1 Å². The zero-order valence-corrected chi connectivity index (χ0v) is 14.6. The second-order valence-electron chi connectivity index (χ2n) is 6.53. The van der Waals surface area contributed by atoms with Crippen LogP contribution in [-0.2, 0) is 16.8 Å². The minimum Gasteiger partial charge on any atom is -0.356 e. The van der Waals surface area contributed by atoms with E-state index >= 15 is 0 Å². The lowest BCUT2D eigenvalue weighted by molar-refractivity contribution is -0.133. The third-order valence-corrected chi connectivity index (χ3v) is 5.48.